The molecule has 1 aromatic rings. The van der Waals surface area contributed by atoms with E-state index in [1.54, 1.807) is 0 Å². The highest BCUT2D eigenvalue weighted by molar-refractivity contribution is 5.47. The van der Waals surface area contributed by atoms with Gasteiger partial charge in [-0.1, -0.05) is 44.2 Å². The number of amides is 1. The Kier molecular flexibility index (Phi) is 4.17. The fourth-order valence-electron chi connectivity index (χ4n) is 1.54. The van der Waals surface area contributed by atoms with E-state index in [0.717, 1.165) is 12.8 Å². The highest BCUT2D eigenvalue weighted by Gasteiger charge is 2.11. The summed E-state index contributed by atoms with van der Waals surface area (Å²) in [5.41, 5.74) is 1.17. The van der Waals surface area contributed by atoms with Crippen LogP contribution in [0.2, 0.25) is 0 Å². The van der Waals surface area contributed by atoms with Gasteiger partial charge in [-0.3, -0.25) is 4.79 Å². The third-order valence-corrected chi connectivity index (χ3v) is 2.18. The Morgan fingerprint density at radius 3 is 2.43 bits per heavy atom. The van der Waals surface area contributed by atoms with Gasteiger partial charge in [-0.15, -0.1) is 0 Å². The minimum Gasteiger partial charge on any atom is -0.352 e. The van der Waals surface area contributed by atoms with E-state index in [-0.39, 0.29) is 6.04 Å². The smallest absolute Gasteiger partial charge is 0.207 e. The molecule has 0 bridgehead atoms. The second kappa shape index (κ2) is 5.43. The summed E-state index contributed by atoms with van der Waals surface area (Å²) in [4.78, 5) is 10.5. The fraction of sp³-hybridized carbons (Fsp3) is 0.417. The number of rotatable bonds is 5. The molecule has 1 atom stereocenters. The third-order valence-electron chi connectivity index (χ3n) is 2.18. The summed E-state index contributed by atoms with van der Waals surface area (Å²) in [7, 11) is 0. The molecule has 1 aromatic carbocycles. The fourth-order valence-corrected chi connectivity index (χ4v) is 1.54. The molecule has 1 amide bonds. The Morgan fingerprint density at radius 2 is 1.93 bits per heavy atom. The Labute approximate surface area is 85.3 Å². The van der Waals surface area contributed by atoms with E-state index < -0.39 is 0 Å². The SMILES string of the molecule is CC(C)C[C@@H](NC=O)c1ccccc1. The van der Waals surface area contributed by atoms with Crippen LogP contribution in [0.4, 0.5) is 0 Å². The van der Waals surface area contributed by atoms with E-state index in [9.17, 15) is 4.79 Å². The van der Waals surface area contributed by atoms with Crippen molar-refractivity contribution in [1.82, 2.24) is 5.32 Å². The second-order valence-electron chi connectivity index (χ2n) is 3.88. The predicted molar refractivity (Wildman–Crippen MR) is 57.8 cm³/mol. The van der Waals surface area contributed by atoms with Gasteiger partial charge in [0.15, 0.2) is 0 Å². The van der Waals surface area contributed by atoms with Crippen molar-refractivity contribution >= 4 is 6.41 Å². The molecule has 2 nitrogen and oxygen atoms in total. The summed E-state index contributed by atoms with van der Waals surface area (Å²) in [6.07, 6.45) is 1.75. The van der Waals surface area contributed by atoms with Crippen LogP contribution in [0.25, 0.3) is 0 Å². The van der Waals surface area contributed by atoms with E-state index >= 15 is 0 Å². The minimum absolute atomic E-state index is 0.147. The first kappa shape index (κ1) is 10.8. The lowest BCUT2D eigenvalue weighted by atomic mass is 9.97. The molecular weight excluding hydrogens is 174 g/mol. The molecule has 0 radical (unpaired) electrons. The average Bonchev–Trinajstić information content (AvgIpc) is 2.18. The minimum atomic E-state index is 0.147. The lowest BCUT2D eigenvalue weighted by Gasteiger charge is -2.18. The second-order valence-corrected chi connectivity index (χ2v) is 3.88. The van der Waals surface area contributed by atoms with Crippen molar-refractivity contribution in [3.63, 3.8) is 0 Å². The molecule has 0 aliphatic carbocycles. The number of nitrogens with one attached hydrogen (secondary N) is 1. The van der Waals surface area contributed by atoms with Crippen molar-refractivity contribution in [2.24, 2.45) is 5.92 Å². The van der Waals surface area contributed by atoms with Crippen LogP contribution >= 0.6 is 0 Å². The number of carbonyl (C=O) groups is 1. The van der Waals surface area contributed by atoms with Gasteiger partial charge in [0, 0.05) is 0 Å². The molecule has 0 unspecified atom stereocenters. The lowest BCUT2D eigenvalue weighted by Crippen LogP contribution is -2.20. The topological polar surface area (TPSA) is 29.1 Å². The van der Waals surface area contributed by atoms with E-state index in [1.807, 2.05) is 30.3 Å². The van der Waals surface area contributed by atoms with Gasteiger partial charge in [0.1, 0.15) is 0 Å². The van der Waals surface area contributed by atoms with Crippen molar-refractivity contribution in [2.75, 3.05) is 0 Å². The Morgan fingerprint density at radius 1 is 1.29 bits per heavy atom. The standard InChI is InChI=1S/C12H17NO/c1-10(2)8-12(13-9-14)11-6-4-3-5-7-11/h3-7,9-10,12H,8H2,1-2H3,(H,13,14)/t12-/m1/s1. The summed E-state index contributed by atoms with van der Waals surface area (Å²) in [5.74, 6) is 0.577. The Hall–Kier alpha value is -1.31. The van der Waals surface area contributed by atoms with E-state index in [2.05, 4.69) is 19.2 Å². The van der Waals surface area contributed by atoms with Gasteiger partial charge in [-0.25, -0.2) is 0 Å². The zero-order chi connectivity index (χ0) is 10.4. The van der Waals surface area contributed by atoms with Gasteiger partial charge >= 0.3 is 0 Å². The van der Waals surface area contributed by atoms with Crippen LogP contribution in [0.3, 0.4) is 0 Å². The molecule has 76 valence electrons. The summed E-state index contributed by atoms with van der Waals surface area (Å²) in [5, 5.41) is 2.85. The number of hydrogen-bond acceptors (Lipinski definition) is 1. The monoisotopic (exact) mass is 191 g/mol. The first-order chi connectivity index (χ1) is 6.74. The van der Waals surface area contributed by atoms with Crippen LogP contribution in [0.1, 0.15) is 31.9 Å². The quantitative estimate of drug-likeness (QED) is 0.712. The maximum absolute atomic E-state index is 10.5. The zero-order valence-corrected chi connectivity index (χ0v) is 8.73. The van der Waals surface area contributed by atoms with E-state index in [4.69, 9.17) is 0 Å². The van der Waals surface area contributed by atoms with Gasteiger partial charge in [-0.2, -0.15) is 0 Å². The Balaban J connectivity index is 2.72. The molecule has 0 saturated carbocycles. The molecule has 0 fully saturated rings. The van der Waals surface area contributed by atoms with Crippen LogP contribution in [-0.2, 0) is 4.79 Å². The molecule has 0 aromatic heterocycles. The summed E-state index contributed by atoms with van der Waals surface area (Å²) in [6, 6.07) is 10.2. The average molecular weight is 191 g/mol. The van der Waals surface area contributed by atoms with Crippen LogP contribution in [0.5, 0.6) is 0 Å². The van der Waals surface area contributed by atoms with Gasteiger partial charge in [0.25, 0.3) is 0 Å². The molecule has 2 heteroatoms. The highest BCUT2D eigenvalue weighted by Crippen LogP contribution is 2.20. The molecule has 1 N–H and O–H groups in total. The van der Waals surface area contributed by atoms with Crippen molar-refractivity contribution < 1.29 is 4.79 Å². The first-order valence-corrected chi connectivity index (χ1v) is 4.98. The maximum Gasteiger partial charge on any atom is 0.207 e. The number of carbonyl (C=O) groups excluding carboxylic acids is 1. The predicted octanol–water partition coefficient (Wildman–Crippen LogP) is 2.52. The molecule has 0 aliphatic rings. The highest BCUT2D eigenvalue weighted by atomic mass is 16.1. The Bertz CT molecular complexity index is 269. The molecule has 0 heterocycles. The van der Waals surface area contributed by atoms with Crippen molar-refractivity contribution in [3.8, 4) is 0 Å². The molecule has 14 heavy (non-hydrogen) atoms. The van der Waals surface area contributed by atoms with E-state index in [0.29, 0.717) is 5.92 Å². The van der Waals surface area contributed by atoms with Crippen molar-refractivity contribution in [3.05, 3.63) is 35.9 Å². The molecule has 0 saturated heterocycles. The largest absolute Gasteiger partial charge is 0.352 e. The number of benzene rings is 1. The zero-order valence-electron chi connectivity index (χ0n) is 8.73. The van der Waals surface area contributed by atoms with Crippen molar-refractivity contribution in [1.29, 1.82) is 0 Å². The van der Waals surface area contributed by atoms with Crippen LogP contribution in [-0.4, -0.2) is 6.41 Å². The van der Waals surface area contributed by atoms with Gasteiger partial charge < -0.3 is 5.32 Å². The normalized spacial score (nSPS) is 12.5. The van der Waals surface area contributed by atoms with E-state index in [1.165, 1.54) is 5.56 Å². The summed E-state index contributed by atoms with van der Waals surface area (Å²) >= 11 is 0. The first-order valence-electron chi connectivity index (χ1n) is 4.98. The van der Waals surface area contributed by atoms with Crippen LogP contribution in [0.15, 0.2) is 30.3 Å². The van der Waals surface area contributed by atoms with Crippen molar-refractivity contribution in [2.45, 2.75) is 26.3 Å². The lowest BCUT2D eigenvalue weighted by molar-refractivity contribution is -0.110. The van der Waals surface area contributed by atoms with Gasteiger partial charge in [0.05, 0.1) is 6.04 Å². The van der Waals surface area contributed by atoms with Gasteiger partial charge in [0.2, 0.25) is 6.41 Å². The maximum atomic E-state index is 10.5. The summed E-state index contributed by atoms with van der Waals surface area (Å²) in [6.45, 7) is 4.31. The van der Waals surface area contributed by atoms with Crippen LogP contribution in [0, 0.1) is 5.92 Å². The molecule has 0 aliphatic heterocycles. The molecular formula is C12H17NO. The molecule has 1 rings (SSSR count). The molecule has 0 spiro atoms. The number of hydrogen-bond donors (Lipinski definition) is 1. The third kappa shape index (κ3) is 3.21. The van der Waals surface area contributed by atoms with Crippen LogP contribution < -0.4 is 5.32 Å². The summed E-state index contributed by atoms with van der Waals surface area (Å²) < 4.78 is 0. The van der Waals surface area contributed by atoms with Gasteiger partial charge in [-0.05, 0) is 17.9 Å².